The van der Waals surface area contributed by atoms with Gasteiger partial charge in [-0.05, 0) is 23.8 Å². The molecule has 0 radical (unpaired) electrons. The molecule has 3 rings (SSSR count). The van der Waals surface area contributed by atoms with Crippen LogP contribution in [0.15, 0.2) is 60.8 Å². The maximum absolute atomic E-state index is 5.85. The largest absolute Gasteiger partial charge is 0.256 e. The predicted molar refractivity (Wildman–Crippen MR) is 127 cm³/mol. The number of pyridine rings is 1. The molecule has 0 aliphatic carbocycles. The molecule has 0 fully saturated rings. The fraction of sp³-hybridized carbons (Fsp3) is 0.100. The minimum atomic E-state index is -1.89. The molecule has 0 N–H and O–H groups in total. The lowest BCUT2D eigenvalue weighted by molar-refractivity contribution is 0.835. The first kappa shape index (κ1) is 23.3. The van der Waals surface area contributed by atoms with Crippen molar-refractivity contribution in [1.82, 2.24) is 19.9 Å². The molecule has 4 nitrogen and oxygen atoms in total. The lowest BCUT2D eigenvalue weighted by atomic mass is 10.1. The van der Waals surface area contributed by atoms with E-state index < -0.39 is 7.59 Å². The van der Waals surface area contributed by atoms with Crippen molar-refractivity contribution < 1.29 is 0 Å². The van der Waals surface area contributed by atoms with Gasteiger partial charge in [0.1, 0.15) is 0 Å². The average molecular weight is 521 g/mol. The summed E-state index contributed by atoms with van der Waals surface area (Å²) in [6.45, 7) is 0. The highest BCUT2D eigenvalue weighted by Crippen LogP contribution is 2.39. The van der Waals surface area contributed by atoms with Crippen LogP contribution >= 0.6 is 69.6 Å². The molecule has 0 atom stereocenters. The van der Waals surface area contributed by atoms with E-state index in [0.29, 0.717) is 0 Å². The van der Waals surface area contributed by atoms with E-state index in [0.717, 1.165) is 16.5 Å². The molecule has 0 saturated heterocycles. The van der Waals surface area contributed by atoms with Crippen molar-refractivity contribution in [2.45, 2.75) is 7.59 Å². The van der Waals surface area contributed by atoms with E-state index in [1.54, 1.807) is 24.4 Å². The van der Waals surface area contributed by atoms with Crippen LogP contribution in [0, 0.1) is 0 Å². The van der Waals surface area contributed by atoms with Crippen molar-refractivity contribution in [1.29, 1.82) is 0 Å². The van der Waals surface area contributed by atoms with E-state index in [4.69, 9.17) is 69.6 Å². The summed E-state index contributed by atoms with van der Waals surface area (Å²) in [5.41, 5.74) is 2.00. The van der Waals surface area contributed by atoms with Crippen molar-refractivity contribution in [3.63, 3.8) is 0 Å². The lowest BCUT2D eigenvalue weighted by Gasteiger charge is -2.14. The van der Waals surface area contributed by atoms with Crippen molar-refractivity contribution in [2.24, 2.45) is 0 Å². The third kappa shape index (κ3) is 6.30. The van der Waals surface area contributed by atoms with Gasteiger partial charge >= 0.3 is 0 Å². The van der Waals surface area contributed by atoms with Gasteiger partial charge in [-0.25, -0.2) is 15.0 Å². The number of halogens is 6. The molecule has 1 aromatic carbocycles. The molecule has 0 amide bonds. The van der Waals surface area contributed by atoms with Crippen LogP contribution in [0.5, 0.6) is 0 Å². The van der Waals surface area contributed by atoms with Crippen molar-refractivity contribution in [3.8, 4) is 0 Å². The SMILES string of the molecule is ClC(Cl)(Cl)c1nc(C=CC=CC=Cc2ccnc3ccccc23)nc(C(Cl)(Cl)Cl)n1. The van der Waals surface area contributed by atoms with Crippen LogP contribution < -0.4 is 0 Å². The van der Waals surface area contributed by atoms with Gasteiger partial charge in [-0.15, -0.1) is 0 Å². The van der Waals surface area contributed by atoms with Crippen molar-refractivity contribution >= 4 is 92.7 Å². The Labute approximate surface area is 203 Å². The van der Waals surface area contributed by atoms with Crippen LogP contribution in [0.25, 0.3) is 23.1 Å². The van der Waals surface area contributed by atoms with E-state index in [9.17, 15) is 0 Å². The van der Waals surface area contributed by atoms with Crippen LogP contribution in [-0.4, -0.2) is 19.9 Å². The molecular weight excluding hydrogens is 509 g/mol. The maximum Gasteiger partial charge on any atom is 0.250 e. The standard InChI is InChI=1S/C20H12Cl6N4/c21-19(22,23)17-28-16(29-18(30-17)20(24,25)26)10-4-2-1-3-7-13-11-12-27-15-9-6-5-8-14(13)15/h1-12H. The quantitative estimate of drug-likeness (QED) is 0.266. The van der Waals surface area contributed by atoms with Crippen LogP contribution in [0.1, 0.15) is 23.0 Å². The number of nitrogens with zero attached hydrogens (tertiary/aromatic N) is 4. The third-order valence-corrected chi connectivity index (χ3v) is 4.71. The van der Waals surface area contributed by atoms with E-state index in [-0.39, 0.29) is 17.5 Å². The van der Waals surface area contributed by atoms with Crippen LogP contribution in [-0.2, 0) is 7.59 Å². The number of hydrogen-bond donors (Lipinski definition) is 0. The molecule has 2 heterocycles. The van der Waals surface area contributed by atoms with Gasteiger partial charge in [-0.2, -0.15) is 0 Å². The Balaban J connectivity index is 1.77. The lowest BCUT2D eigenvalue weighted by Crippen LogP contribution is -2.16. The summed E-state index contributed by atoms with van der Waals surface area (Å²) in [5.74, 6) is -0.102. The monoisotopic (exact) mass is 518 g/mol. The van der Waals surface area contributed by atoms with Crippen LogP contribution in [0.4, 0.5) is 0 Å². The summed E-state index contributed by atoms with van der Waals surface area (Å²) in [5, 5.41) is 1.07. The molecule has 0 saturated carbocycles. The number of para-hydroxylation sites is 1. The van der Waals surface area contributed by atoms with Crippen LogP contribution in [0.3, 0.4) is 0 Å². The summed E-state index contributed by atoms with van der Waals surface area (Å²) in [7, 11) is 0. The predicted octanol–water partition coefficient (Wildman–Crippen LogP) is 7.36. The molecule has 2 aromatic heterocycles. The van der Waals surface area contributed by atoms with Gasteiger partial charge in [0, 0.05) is 11.6 Å². The molecule has 3 aromatic rings. The highest BCUT2D eigenvalue weighted by Gasteiger charge is 2.33. The number of hydrogen-bond acceptors (Lipinski definition) is 4. The number of aromatic nitrogens is 4. The molecule has 0 spiro atoms. The number of benzene rings is 1. The van der Waals surface area contributed by atoms with E-state index in [1.165, 1.54) is 0 Å². The van der Waals surface area contributed by atoms with Crippen LogP contribution in [0.2, 0.25) is 0 Å². The first-order chi connectivity index (χ1) is 14.1. The molecule has 10 heteroatoms. The van der Waals surface area contributed by atoms with Gasteiger partial charge in [0.05, 0.1) is 5.52 Å². The first-order valence-corrected chi connectivity index (χ1v) is 10.7. The average Bonchev–Trinajstić information content (AvgIpc) is 2.69. The third-order valence-electron chi connectivity index (χ3n) is 3.70. The highest BCUT2D eigenvalue weighted by atomic mass is 35.6. The second kappa shape index (κ2) is 9.82. The van der Waals surface area contributed by atoms with Gasteiger partial charge in [-0.1, -0.05) is 118 Å². The summed E-state index contributed by atoms with van der Waals surface area (Å²) in [4.78, 5) is 16.4. The second-order valence-corrected chi connectivity index (χ2v) is 10.4. The Morgan fingerprint density at radius 2 is 1.27 bits per heavy atom. The summed E-state index contributed by atoms with van der Waals surface area (Å²) < 4.78 is -3.77. The van der Waals surface area contributed by atoms with E-state index in [2.05, 4.69) is 19.9 Å². The zero-order valence-corrected chi connectivity index (χ0v) is 19.5. The zero-order valence-electron chi connectivity index (χ0n) is 15.0. The van der Waals surface area contributed by atoms with E-state index >= 15 is 0 Å². The summed E-state index contributed by atoms with van der Waals surface area (Å²) in [6, 6.07) is 9.88. The van der Waals surface area contributed by atoms with E-state index in [1.807, 2.05) is 48.6 Å². The van der Waals surface area contributed by atoms with Crippen molar-refractivity contribution in [3.05, 3.63) is 83.9 Å². The van der Waals surface area contributed by atoms with Gasteiger partial charge in [0.15, 0.2) is 17.5 Å². The maximum atomic E-state index is 5.85. The summed E-state index contributed by atoms with van der Waals surface area (Å²) >= 11 is 35.1. The molecule has 0 bridgehead atoms. The number of allylic oxidation sites excluding steroid dienone is 4. The fourth-order valence-corrected chi connectivity index (χ4v) is 2.92. The molecule has 0 unspecified atom stereocenters. The molecule has 30 heavy (non-hydrogen) atoms. The van der Waals surface area contributed by atoms with Gasteiger partial charge < -0.3 is 0 Å². The minimum Gasteiger partial charge on any atom is -0.256 e. The van der Waals surface area contributed by atoms with Gasteiger partial charge in [-0.3, -0.25) is 4.98 Å². The number of rotatable bonds is 4. The van der Waals surface area contributed by atoms with Crippen molar-refractivity contribution in [2.75, 3.05) is 0 Å². The minimum absolute atomic E-state index is 0.142. The fourth-order valence-electron chi connectivity index (χ4n) is 2.41. The normalized spacial score (nSPS) is 13.3. The molecular formula is C20H12Cl6N4. The molecule has 0 aliphatic rings. The second-order valence-electron chi connectivity index (χ2n) is 5.86. The first-order valence-electron chi connectivity index (χ1n) is 8.40. The Hall–Kier alpha value is -1.40. The Kier molecular flexibility index (Phi) is 7.61. The smallest absolute Gasteiger partial charge is 0.250 e. The Bertz CT molecular complexity index is 1090. The number of fused-ring (bicyclic) bond motifs is 1. The molecule has 154 valence electrons. The Morgan fingerprint density at radius 3 is 1.90 bits per heavy atom. The van der Waals surface area contributed by atoms with Gasteiger partial charge in [0.2, 0.25) is 7.59 Å². The zero-order chi connectivity index (χ0) is 21.8. The summed E-state index contributed by atoms with van der Waals surface area (Å²) in [6.07, 6.45) is 12.6. The Morgan fingerprint density at radius 1 is 0.667 bits per heavy atom. The molecule has 0 aliphatic heterocycles. The topological polar surface area (TPSA) is 51.6 Å². The highest BCUT2D eigenvalue weighted by molar-refractivity contribution is 6.67. The number of alkyl halides is 6. The van der Waals surface area contributed by atoms with Gasteiger partial charge in [0.25, 0.3) is 0 Å².